The highest BCUT2D eigenvalue weighted by atomic mass is 79.9. The van der Waals surface area contributed by atoms with Gasteiger partial charge in [-0.05, 0) is 41.4 Å². The van der Waals surface area contributed by atoms with Crippen LogP contribution in [-0.4, -0.2) is 21.1 Å². The van der Waals surface area contributed by atoms with Crippen molar-refractivity contribution in [3.63, 3.8) is 0 Å². The molecule has 2 aromatic heterocycles. The maximum absolute atomic E-state index is 4.52. The van der Waals surface area contributed by atoms with Crippen LogP contribution in [0.3, 0.4) is 0 Å². The SMILES string of the molecule is Cc1nccn1-c1ncc(Br)cc1CNCC(C)C. The fourth-order valence-electron chi connectivity index (χ4n) is 1.92. The minimum atomic E-state index is 0.638. The summed E-state index contributed by atoms with van der Waals surface area (Å²) in [6, 6.07) is 2.11. The van der Waals surface area contributed by atoms with Crippen LogP contribution in [0.15, 0.2) is 29.1 Å². The van der Waals surface area contributed by atoms with E-state index in [4.69, 9.17) is 0 Å². The fraction of sp³-hybridized carbons (Fsp3) is 0.429. The van der Waals surface area contributed by atoms with Crippen molar-refractivity contribution < 1.29 is 0 Å². The summed E-state index contributed by atoms with van der Waals surface area (Å²) in [6.07, 6.45) is 5.56. The van der Waals surface area contributed by atoms with Gasteiger partial charge in [-0.1, -0.05) is 13.8 Å². The number of halogens is 1. The Balaban J connectivity index is 2.26. The van der Waals surface area contributed by atoms with E-state index >= 15 is 0 Å². The quantitative estimate of drug-likeness (QED) is 0.919. The summed E-state index contributed by atoms with van der Waals surface area (Å²) in [5.41, 5.74) is 1.16. The molecule has 0 spiro atoms. The summed E-state index contributed by atoms with van der Waals surface area (Å²) >= 11 is 3.48. The predicted molar refractivity (Wildman–Crippen MR) is 80.3 cm³/mol. The molecule has 0 amide bonds. The van der Waals surface area contributed by atoms with E-state index in [0.717, 1.165) is 34.8 Å². The van der Waals surface area contributed by atoms with Gasteiger partial charge in [-0.3, -0.25) is 4.57 Å². The Bertz CT molecular complexity index is 548. The molecular weight excluding hydrogens is 304 g/mol. The van der Waals surface area contributed by atoms with Crippen molar-refractivity contribution in [2.45, 2.75) is 27.3 Å². The highest BCUT2D eigenvalue weighted by molar-refractivity contribution is 9.10. The largest absolute Gasteiger partial charge is 0.312 e. The van der Waals surface area contributed by atoms with Crippen LogP contribution in [0, 0.1) is 12.8 Å². The molecule has 0 saturated heterocycles. The van der Waals surface area contributed by atoms with Crippen molar-refractivity contribution in [3.05, 3.63) is 40.5 Å². The zero-order chi connectivity index (χ0) is 13.8. The lowest BCUT2D eigenvalue weighted by molar-refractivity contribution is 0.551. The lowest BCUT2D eigenvalue weighted by Crippen LogP contribution is -2.20. The van der Waals surface area contributed by atoms with Gasteiger partial charge >= 0.3 is 0 Å². The summed E-state index contributed by atoms with van der Waals surface area (Å²) in [5.74, 6) is 2.52. The molecule has 0 radical (unpaired) electrons. The van der Waals surface area contributed by atoms with Crippen LogP contribution >= 0.6 is 15.9 Å². The highest BCUT2D eigenvalue weighted by Crippen LogP contribution is 2.18. The molecule has 4 nitrogen and oxygen atoms in total. The van der Waals surface area contributed by atoms with E-state index in [1.807, 2.05) is 23.9 Å². The van der Waals surface area contributed by atoms with Gasteiger partial charge in [-0.25, -0.2) is 9.97 Å². The van der Waals surface area contributed by atoms with Crippen molar-refractivity contribution in [2.75, 3.05) is 6.54 Å². The Kier molecular flexibility index (Phi) is 4.71. The zero-order valence-corrected chi connectivity index (χ0v) is 13.1. The van der Waals surface area contributed by atoms with E-state index in [1.165, 1.54) is 0 Å². The van der Waals surface area contributed by atoms with Crippen LogP contribution in [-0.2, 0) is 6.54 Å². The first kappa shape index (κ1) is 14.2. The number of hydrogen-bond acceptors (Lipinski definition) is 3. The molecule has 0 aliphatic rings. The van der Waals surface area contributed by atoms with Gasteiger partial charge in [0.25, 0.3) is 0 Å². The number of rotatable bonds is 5. The second-order valence-electron chi connectivity index (χ2n) is 5.01. The van der Waals surface area contributed by atoms with Crippen molar-refractivity contribution in [2.24, 2.45) is 5.92 Å². The molecule has 0 aliphatic carbocycles. The molecular formula is C14H19BrN4. The number of imidazole rings is 1. The minimum Gasteiger partial charge on any atom is -0.312 e. The Labute approximate surface area is 122 Å². The maximum atomic E-state index is 4.52. The highest BCUT2D eigenvalue weighted by Gasteiger charge is 2.09. The minimum absolute atomic E-state index is 0.638. The Morgan fingerprint density at radius 2 is 2.16 bits per heavy atom. The molecule has 1 N–H and O–H groups in total. The smallest absolute Gasteiger partial charge is 0.142 e. The summed E-state index contributed by atoms with van der Waals surface area (Å²) < 4.78 is 3.01. The number of pyridine rings is 1. The Hall–Kier alpha value is -1.20. The summed E-state index contributed by atoms with van der Waals surface area (Å²) in [4.78, 5) is 8.77. The fourth-order valence-corrected chi connectivity index (χ4v) is 2.30. The molecule has 0 aliphatic heterocycles. The van der Waals surface area contributed by atoms with Gasteiger partial charge in [0.15, 0.2) is 0 Å². The van der Waals surface area contributed by atoms with Crippen LogP contribution in [0.5, 0.6) is 0 Å². The van der Waals surface area contributed by atoms with Gasteiger partial charge in [-0.2, -0.15) is 0 Å². The van der Waals surface area contributed by atoms with E-state index < -0.39 is 0 Å². The number of aryl methyl sites for hydroxylation is 1. The second kappa shape index (κ2) is 6.30. The number of aromatic nitrogens is 3. The van der Waals surface area contributed by atoms with Crippen molar-refractivity contribution in [3.8, 4) is 5.82 Å². The molecule has 0 aromatic carbocycles. The molecule has 5 heteroatoms. The molecule has 0 fully saturated rings. The molecule has 0 unspecified atom stereocenters. The van der Waals surface area contributed by atoms with Gasteiger partial charge in [0.2, 0.25) is 0 Å². The van der Waals surface area contributed by atoms with Crippen LogP contribution in [0.4, 0.5) is 0 Å². The van der Waals surface area contributed by atoms with E-state index in [2.05, 4.69) is 51.1 Å². The molecule has 0 saturated carbocycles. The average molecular weight is 323 g/mol. The van der Waals surface area contributed by atoms with E-state index in [0.29, 0.717) is 5.92 Å². The first-order chi connectivity index (χ1) is 9.08. The average Bonchev–Trinajstić information content (AvgIpc) is 2.75. The molecule has 2 heterocycles. The lowest BCUT2D eigenvalue weighted by atomic mass is 10.2. The van der Waals surface area contributed by atoms with Crippen molar-refractivity contribution >= 4 is 15.9 Å². The molecule has 0 atom stereocenters. The van der Waals surface area contributed by atoms with E-state index in [-0.39, 0.29) is 0 Å². The monoisotopic (exact) mass is 322 g/mol. The number of nitrogens with one attached hydrogen (secondary N) is 1. The van der Waals surface area contributed by atoms with Gasteiger partial charge in [0.1, 0.15) is 11.6 Å². The first-order valence-corrected chi connectivity index (χ1v) is 7.22. The topological polar surface area (TPSA) is 42.7 Å². The van der Waals surface area contributed by atoms with Crippen LogP contribution in [0.1, 0.15) is 25.2 Å². The van der Waals surface area contributed by atoms with Gasteiger partial charge in [0, 0.05) is 35.2 Å². The van der Waals surface area contributed by atoms with Crippen molar-refractivity contribution in [1.82, 2.24) is 19.9 Å². The summed E-state index contributed by atoms with van der Waals surface area (Å²) in [5, 5.41) is 3.46. The number of nitrogens with zero attached hydrogens (tertiary/aromatic N) is 3. The van der Waals surface area contributed by atoms with E-state index in [1.54, 1.807) is 6.20 Å². The number of hydrogen-bond donors (Lipinski definition) is 1. The van der Waals surface area contributed by atoms with Crippen LogP contribution < -0.4 is 5.32 Å². The molecule has 19 heavy (non-hydrogen) atoms. The second-order valence-corrected chi connectivity index (χ2v) is 5.92. The van der Waals surface area contributed by atoms with Crippen molar-refractivity contribution in [1.29, 1.82) is 0 Å². The summed E-state index contributed by atoms with van der Waals surface area (Å²) in [6.45, 7) is 8.18. The third kappa shape index (κ3) is 3.64. The van der Waals surface area contributed by atoms with E-state index in [9.17, 15) is 0 Å². The Morgan fingerprint density at radius 3 is 2.79 bits per heavy atom. The van der Waals surface area contributed by atoms with Crippen LogP contribution in [0.25, 0.3) is 5.82 Å². The molecule has 0 bridgehead atoms. The van der Waals surface area contributed by atoms with Gasteiger partial charge in [-0.15, -0.1) is 0 Å². The zero-order valence-electron chi connectivity index (χ0n) is 11.5. The lowest BCUT2D eigenvalue weighted by Gasteiger charge is -2.13. The standard InChI is InChI=1S/C14H19BrN4/c1-10(2)7-16-8-12-6-13(15)9-18-14(12)19-5-4-17-11(19)3/h4-6,9-10,16H,7-8H2,1-3H3. The van der Waals surface area contributed by atoms with Gasteiger partial charge < -0.3 is 5.32 Å². The normalized spacial score (nSPS) is 11.2. The third-order valence-corrected chi connectivity index (χ3v) is 3.27. The molecule has 2 aromatic rings. The summed E-state index contributed by atoms with van der Waals surface area (Å²) in [7, 11) is 0. The molecule has 102 valence electrons. The Morgan fingerprint density at radius 1 is 1.37 bits per heavy atom. The predicted octanol–water partition coefficient (Wildman–Crippen LogP) is 3.08. The maximum Gasteiger partial charge on any atom is 0.142 e. The van der Waals surface area contributed by atoms with Crippen LogP contribution in [0.2, 0.25) is 0 Å². The molecule has 2 rings (SSSR count). The third-order valence-electron chi connectivity index (χ3n) is 2.83. The first-order valence-electron chi connectivity index (χ1n) is 6.43. The van der Waals surface area contributed by atoms with Gasteiger partial charge in [0.05, 0.1) is 0 Å².